The minimum atomic E-state index is -0.675. The van der Waals surface area contributed by atoms with E-state index in [-0.39, 0.29) is 12.3 Å². The fourth-order valence-electron chi connectivity index (χ4n) is 2.29. The van der Waals surface area contributed by atoms with Crippen molar-refractivity contribution in [3.05, 3.63) is 30.1 Å². The van der Waals surface area contributed by atoms with E-state index in [9.17, 15) is 9.59 Å². The number of nitrogens with two attached hydrogens (primary N) is 1. The fourth-order valence-corrected chi connectivity index (χ4v) is 2.29. The number of aromatic amines is 1. The molecule has 7 nitrogen and oxygen atoms in total. The van der Waals surface area contributed by atoms with Gasteiger partial charge in [0, 0.05) is 5.56 Å². The Morgan fingerprint density at radius 3 is 2.90 bits per heavy atom. The summed E-state index contributed by atoms with van der Waals surface area (Å²) in [6, 6.07) is 5.17. The predicted octanol–water partition coefficient (Wildman–Crippen LogP) is -0.0629. The van der Waals surface area contributed by atoms with Gasteiger partial charge in [0.05, 0.1) is 42.5 Å². The third-order valence-corrected chi connectivity index (χ3v) is 3.33. The monoisotopic (exact) mass is 274 g/mol. The van der Waals surface area contributed by atoms with Gasteiger partial charge in [-0.15, -0.1) is 0 Å². The van der Waals surface area contributed by atoms with Crippen LogP contribution in [0, 0.1) is 0 Å². The van der Waals surface area contributed by atoms with Crippen molar-refractivity contribution in [2.75, 3.05) is 13.2 Å². The summed E-state index contributed by atoms with van der Waals surface area (Å²) in [5, 5.41) is 2.84. The van der Waals surface area contributed by atoms with Gasteiger partial charge in [-0.2, -0.15) is 0 Å². The van der Waals surface area contributed by atoms with Crippen molar-refractivity contribution in [2.45, 2.75) is 12.0 Å². The number of carbonyl (C=O) groups excluding carboxylic acids is 2. The summed E-state index contributed by atoms with van der Waals surface area (Å²) in [6.45, 7) is 0.599. The third-order valence-electron chi connectivity index (χ3n) is 3.33. The minimum absolute atomic E-state index is 0.0744. The Bertz CT molecular complexity index is 675. The lowest BCUT2D eigenvalue weighted by molar-refractivity contribution is -0.127. The molecule has 1 aliphatic heterocycles. The summed E-state index contributed by atoms with van der Waals surface area (Å²) in [5.41, 5.74) is 6.60. The second kappa shape index (κ2) is 4.61. The van der Waals surface area contributed by atoms with Crippen LogP contribution in [0.25, 0.3) is 11.0 Å². The lowest BCUT2D eigenvalue weighted by Gasteiger charge is -2.41. The van der Waals surface area contributed by atoms with E-state index in [2.05, 4.69) is 15.3 Å². The van der Waals surface area contributed by atoms with Crippen molar-refractivity contribution >= 4 is 22.8 Å². The maximum atomic E-state index is 12.2. The van der Waals surface area contributed by atoms with Crippen molar-refractivity contribution in [1.29, 1.82) is 0 Å². The summed E-state index contributed by atoms with van der Waals surface area (Å²) in [7, 11) is 0. The number of hydrogen-bond donors (Lipinski definition) is 3. The zero-order valence-corrected chi connectivity index (χ0v) is 10.7. The van der Waals surface area contributed by atoms with E-state index in [0.29, 0.717) is 18.8 Å². The summed E-state index contributed by atoms with van der Waals surface area (Å²) in [4.78, 5) is 30.4. The Hall–Kier alpha value is -2.41. The number of carbonyl (C=O) groups is 2. The van der Waals surface area contributed by atoms with Crippen LogP contribution >= 0.6 is 0 Å². The molecule has 0 atom stereocenters. The van der Waals surface area contributed by atoms with E-state index >= 15 is 0 Å². The number of nitrogens with zero attached hydrogens (tertiary/aromatic N) is 1. The van der Waals surface area contributed by atoms with Gasteiger partial charge in [-0.25, -0.2) is 4.98 Å². The number of benzene rings is 1. The highest BCUT2D eigenvalue weighted by Gasteiger charge is 2.41. The smallest absolute Gasteiger partial charge is 0.251 e. The molecule has 1 saturated heterocycles. The largest absolute Gasteiger partial charge is 0.376 e. The maximum absolute atomic E-state index is 12.2. The van der Waals surface area contributed by atoms with Gasteiger partial charge in [-0.05, 0) is 18.2 Å². The molecule has 2 heterocycles. The average Bonchev–Trinajstić information content (AvgIpc) is 2.82. The molecule has 2 amide bonds. The number of rotatable bonds is 4. The first-order valence-electron chi connectivity index (χ1n) is 6.20. The standard InChI is InChI=1S/C13H14N4O3/c14-11(18)4-13(5-20-6-13)17-12(19)8-1-2-9-10(3-8)16-7-15-9/h1-3,7H,4-6H2,(H2,14,18)(H,15,16)(H,17,19). The number of H-pyrrole nitrogens is 1. The number of aromatic nitrogens is 2. The summed E-state index contributed by atoms with van der Waals surface area (Å²) < 4.78 is 5.10. The Labute approximate surface area is 114 Å². The van der Waals surface area contributed by atoms with Crippen LogP contribution in [0.15, 0.2) is 24.5 Å². The van der Waals surface area contributed by atoms with Gasteiger partial charge in [0.25, 0.3) is 5.91 Å². The van der Waals surface area contributed by atoms with Crippen LogP contribution in [-0.2, 0) is 9.53 Å². The first-order chi connectivity index (χ1) is 9.58. The highest BCUT2D eigenvalue weighted by molar-refractivity contribution is 5.98. The minimum Gasteiger partial charge on any atom is -0.376 e. The molecule has 104 valence electrons. The molecule has 0 radical (unpaired) electrons. The van der Waals surface area contributed by atoms with Crippen LogP contribution < -0.4 is 11.1 Å². The van der Waals surface area contributed by atoms with Crippen molar-refractivity contribution in [3.63, 3.8) is 0 Å². The Morgan fingerprint density at radius 1 is 1.45 bits per heavy atom. The number of amides is 2. The van der Waals surface area contributed by atoms with Crippen LogP contribution in [0.5, 0.6) is 0 Å². The molecule has 0 saturated carbocycles. The number of primary amides is 1. The van der Waals surface area contributed by atoms with Gasteiger partial charge >= 0.3 is 0 Å². The Kier molecular flexibility index (Phi) is 2.90. The second-order valence-corrected chi connectivity index (χ2v) is 5.00. The van der Waals surface area contributed by atoms with Crippen molar-refractivity contribution in [3.8, 4) is 0 Å². The summed E-state index contributed by atoms with van der Waals surface area (Å²) in [5.74, 6) is -0.719. The zero-order valence-electron chi connectivity index (χ0n) is 10.7. The first kappa shape index (κ1) is 12.6. The predicted molar refractivity (Wildman–Crippen MR) is 70.9 cm³/mol. The van der Waals surface area contributed by atoms with Crippen molar-refractivity contribution in [1.82, 2.24) is 15.3 Å². The van der Waals surface area contributed by atoms with E-state index in [0.717, 1.165) is 11.0 Å². The molecule has 7 heteroatoms. The van der Waals surface area contributed by atoms with E-state index < -0.39 is 11.4 Å². The fraction of sp³-hybridized carbons (Fsp3) is 0.308. The quantitative estimate of drug-likeness (QED) is 0.725. The van der Waals surface area contributed by atoms with Crippen LogP contribution in [0.2, 0.25) is 0 Å². The van der Waals surface area contributed by atoms with Crippen LogP contribution in [0.4, 0.5) is 0 Å². The molecule has 4 N–H and O–H groups in total. The lowest BCUT2D eigenvalue weighted by Crippen LogP contribution is -2.63. The molecular weight excluding hydrogens is 260 g/mol. The average molecular weight is 274 g/mol. The molecule has 0 unspecified atom stereocenters. The molecule has 1 aliphatic rings. The number of nitrogens with one attached hydrogen (secondary N) is 2. The Balaban J connectivity index is 1.79. The highest BCUT2D eigenvalue weighted by atomic mass is 16.5. The van der Waals surface area contributed by atoms with Crippen LogP contribution in [0.3, 0.4) is 0 Å². The third kappa shape index (κ3) is 2.23. The molecule has 20 heavy (non-hydrogen) atoms. The number of fused-ring (bicyclic) bond motifs is 1. The molecule has 1 aromatic heterocycles. The SMILES string of the molecule is NC(=O)CC1(NC(=O)c2ccc3nc[nH]c3c2)COC1. The highest BCUT2D eigenvalue weighted by Crippen LogP contribution is 2.22. The van der Waals surface area contributed by atoms with Gasteiger partial charge in [-0.3, -0.25) is 9.59 Å². The van der Waals surface area contributed by atoms with Gasteiger partial charge in [0.1, 0.15) is 0 Å². The molecule has 0 bridgehead atoms. The molecule has 2 aromatic rings. The van der Waals surface area contributed by atoms with E-state index in [1.54, 1.807) is 24.5 Å². The van der Waals surface area contributed by atoms with E-state index in [4.69, 9.17) is 10.5 Å². The first-order valence-corrected chi connectivity index (χ1v) is 6.20. The second-order valence-electron chi connectivity index (χ2n) is 5.00. The molecule has 0 aliphatic carbocycles. The topological polar surface area (TPSA) is 110 Å². The normalized spacial score (nSPS) is 16.6. The van der Waals surface area contributed by atoms with E-state index in [1.165, 1.54) is 0 Å². The number of ether oxygens (including phenoxy) is 1. The Morgan fingerprint density at radius 2 is 2.25 bits per heavy atom. The lowest BCUT2D eigenvalue weighted by atomic mass is 9.92. The molecule has 1 fully saturated rings. The molecular formula is C13H14N4O3. The molecule has 3 rings (SSSR count). The number of imidazole rings is 1. The molecule has 1 aromatic carbocycles. The maximum Gasteiger partial charge on any atom is 0.251 e. The number of hydrogen-bond acceptors (Lipinski definition) is 4. The van der Waals surface area contributed by atoms with Crippen LogP contribution in [-0.4, -0.2) is 40.5 Å². The summed E-state index contributed by atoms with van der Waals surface area (Å²) in [6.07, 6.45) is 1.64. The van der Waals surface area contributed by atoms with Gasteiger partial charge in [0.2, 0.25) is 5.91 Å². The van der Waals surface area contributed by atoms with Gasteiger partial charge in [0.15, 0.2) is 0 Å². The van der Waals surface area contributed by atoms with Gasteiger partial charge < -0.3 is 20.8 Å². The van der Waals surface area contributed by atoms with Crippen molar-refractivity contribution < 1.29 is 14.3 Å². The van der Waals surface area contributed by atoms with Gasteiger partial charge in [-0.1, -0.05) is 0 Å². The zero-order chi connectivity index (χ0) is 14.2. The summed E-state index contributed by atoms with van der Waals surface area (Å²) >= 11 is 0. The van der Waals surface area contributed by atoms with E-state index in [1.807, 2.05) is 0 Å². The molecule has 0 spiro atoms. The van der Waals surface area contributed by atoms with Crippen molar-refractivity contribution in [2.24, 2.45) is 5.73 Å². The van der Waals surface area contributed by atoms with Crippen LogP contribution in [0.1, 0.15) is 16.8 Å².